The molecule has 0 saturated carbocycles. The highest BCUT2D eigenvalue weighted by Crippen LogP contribution is 2.38. The summed E-state index contributed by atoms with van der Waals surface area (Å²) in [5.74, 6) is 1.02. The first-order valence-electron chi connectivity index (χ1n) is 5.81. The molecule has 112 valence electrons. The summed E-state index contributed by atoms with van der Waals surface area (Å²) >= 11 is 8.11. The zero-order chi connectivity index (χ0) is 15.0. The Kier molecular flexibility index (Phi) is 4.65. The fraction of sp³-hybridized carbons (Fsp3) is 0.600. The number of hydrogen-bond acceptors (Lipinski definition) is 6. The Hall–Kier alpha value is -0.350. The van der Waals surface area contributed by atoms with E-state index in [2.05, 4.69) is 4.72 Å². The highest BCUT2D eigenvalue weighted by molar-refractivity contribution is 8.01. The van der Waals surface area contributed by atoms with E-state index in [1.54, 1.807) is 11.8 Å². The van der Waals surface area contributed by atoms with Gasteiger partial charge in [0.1, 0.15) is 4.21 Å². The van der Waals surface area contributed by atoms with Gasteiger partial charge in [0, 0.05) is 17.4 Å². The van der Waals surface area contributed by atoms with Crippen LogP contribution in [0.4, 0.5) is 5.69 Å². The average Bonchev–Trinajstić information content (AvgIpc) is 2.94. The molecule has 1 atom stereocenters. The van der Waals surface area contributed by atoms with Gasteiger partial charge in [0.15, 0.2) is 4.34 Å². The maximum absolute atomic E-state index is 12.1. The van der Waals surface area contributed by atoms with Gasteiger partial charge < -0.3 is 0 Å². The van der Waals surface area contributed by atoms with E-state index in [-0.39, 0.29) is 19.0 Å². The van der Waals surface area contributed by atoms with Gasteiger partial charge in [-0.1, -0.05) is 11.6 Å². The Morgan fingerprint density at radius 3 is 2.80 bits per heavy atom. The lowest BCUT2D eigenvalue weighted by atomic mass is 10.1. The van der Waals surface area contributed by atoms with Gasteiger partial charge >= 0.3 is 0 Å². The van der Waals surface area contributed by atoms with Gasteiger partial charge in [0.2, 0.25) is 10.0 Å². The molecule has 0 aliphatic carbocycles. The monoisotopic (exact) mass is 356 g/mol. The first kappa shape index (κ1) is 16.0. The second-order valence-electron chi connectivity index (χ2n) is 4.71. The minimum atomic E-state index is -3.75. The van der Waals surface area contributed by atoms with Crippen LogP contribution in [-0.2, 0) is 10.0 Å². The van der Waals surface area contributed by atoms with E-state index in [0.717, 1.165) is 24.7 Å². The zero-order valence-corrected chi connectivity index (χ0v) is 13.8. The molecule has 0 spiro atoms. The molecule has 1 aromatic heterocycles. The summed E-state index contributed by atoms with van der Waals surface area (Å²) in [5.41, 5.74) is -0.376. The smallest absolute Gasteiger partial charge is 0.258 e. The number of nitrogens with zero attached hydrogens (tertiary/aromatic N) is 1. The summed E-state index contributed by atoms with van der Waals surface area (Å²) in [6, 6.07) is 0.999. The number of nitrogens with one attached hydrogen (secondary N) is 1. The van der Waals surface area contributed by atoms with Crippen molar-refractivity contribution in [3.8, 4) is 0 Å². The van der Waals surface area contributed by atoms with E-state index in [0.29, 0.717) is 17.9 Å². The van der Waals surface area contributed by atoms with Crippen LogP contribution in [0.5, 0.6) is 0 Å². The molecule has 1 aliphatic heterocycles. The van der Waals surface area contributed by atoms with Crippen LogP contribution in [0.1, 0.15) is 19.8 Å². The van der Waals surface area contributed by atoms with Crippen molar-refractivity contribution >= 4 is 50.4 Å². The van der Waals surface area contributed by atoms with Crippen LogP contribution in [-0.4, -0.2) is 30.4 Å². The Morgan fingerprint density at radius 1 is 1.60 bits per heavy atom. The van der Waals surface area contributed by atoms with Crippen molar-refractivity contribution in [2.45, 2.75) is 28.7 Å². The molecule has 1 N–H and O–H groups in total. The maximum atomic E-state index is 12.1. The number of rotatable bonds is 5. The Morgan fingerprint density at radius 2 is 2.30 bits per heavy atom. The Balaban J connectivity index is 2.14. The number of sulfonamides is 1. The number of thiophene rings is 1. The first-order valence-corrected chi connectivity index (χ1v) is 9.47. The van der Waals surface area contributed by atoms with Gasteiger partial charge in [0.05, 0.1) is 4.92 Å². The van der Waals surface area contributed by atoms with Crippen LogP contribution < -0.4 is 4.72 Å². The summed E-state index contributed by atoms with van der Waals surface area (Å²) in [4.78, 5) is 10.0. The quantitative estimate of drug-likeness (QED) is 0.647. The van der Waals surface area contributed by atoms with Crippen molar-refractivity contribution in [2.24, 2.45) is 0 Å². The average molecular weight is 357 g/mol. The predicted molar refractivity (Wildman–Crippen MR) is 81.3 cm³/mol. The summed E-state index contributed by atoms with van der Waals surface area (Å²) in [6.45, 7) is 2.32. The first-order chi connectivity index (χ1) is 9.23. The van der Waals surface area contributed by atoms with Gasteiger partial charge in [-0.25, -0.2) is 13.1 Å². The van der Waals surface area contributed by atoms with Crippen LogP contribution in [0.2, 0.25) is 4.34 Å². The molecule has 1 aliphatic rings. The summed E-state index contributed by atoms with van der Waals surface area (Å²) in [5, 5.41) is 10.7. The molecule has 0 aromatic carbocycles. The second kappa shape index (κ2) is 5.80. The van der Waals surface area contributed by atoms with E-state index in [9.17, 15) is 18.5 Å². The third kappa shape index (κ3) is 3.45. The molecule has 1 saturated heterocycles. The molecule has 0 radical (unpaired) electrons. The highest BCUT2D eigenvalue weighted by Gasteiger charge is 2.32. The zero-order valence-electron chi connectivity index (χ0n) is 10.6. The highest BCUT2D eigenvalue weighted by atomic mass is 35.5. The van der Waals surface area contributed by atoms with E-state index in [4.69, 9.17) is 11.6 Å². The van der Waals surface area contributed by atoms with Gasteiger partial charge in [-0.3, -0.25) is 10.1 Å². The van der Waals surface area contributed by atoms with E-state index in [1.807, 2.05) is 6.92 Å². The molecule has 0 bridgehead atoms. The second-order valence-corrected chi connectivity index (χ2v) is 10.0. The van der Waals surface area contributed by atoms with Gasteiger partial charge in [-0.05, 0) is 25.5 Å². The molecule has 1 fully saturated rings. The van der Waals surface area contributed by atoms with E-state index in [1.165, 1.54) is 0 Å². The van der Waals surface area contributed by atoms with Crippen molar-refractivity contribution in [2.75, 3.05) is 12.3 Å². The molecular formula is C10H13ClN2O4S3. The molecule has 2 heterocycles. The van der Waals surface area contributed by atoms with E-state index >= 15 is 0 Å². The molecular weight excluding hydrogens is 344 g/mol. The largest absolute Gasteiger partial charge is 0.300 e. The molecule has 6 nitrogen and oxygen atoms in total. The van der Waals surface area contributed by atoms with E-state index < -0.39 is 14.9 Å². The van der Waals surface area contributed by atoms with Gasteiger partial charge in [0.25, 0.3) is 5.69 Å². The number of halogens is 1. The minimum Gasteiger partial charge on any atom is -0.258 e. The van der Waals surface area contributed by atoms with Gasteiger partial charge in [-0.15, -0.1) is 11.3 Å². The van der Waals surface area contributed by atoms with Crippen LogP contribution >= 0.6 is 34.7 Å². The lowest BCUT2D eigenvalue weighted by molar-refractivity contribution is -0.384. The fourth-order valence-electron chi connectivity index (χ4n) is 1.89. The van der Waals surface area contributed by atoms with Gasteiger partial charge in [-0.2, -0.15) is 11.8 Å². The summed E-state index contributed by atoms with van der Waals surface area (Å²) < 4.78 is 26.4. The fourth-order valence-corrected chi connectivity index (χ4v) is 6.10. The third-order valence-electron chi connectivity index (χ3n) is 3.04. The molecule has 1 aromatic rings. The molecule has 0 amide bonds. The lowest BCUT2D eigenvalue weighted by Crippen LogP contribution is -2.36. The van der Waals surface area contributed by atoms with Crippen molar-refractivity contribution in [1.82, 2.24) is 4.72 Å². The van der Waals surface area contributed by atoms with Crippen molar-refractivity contribution in [3.05, 3.63) is 20.5 Å². The standard InChI is InChI=1S/C10H13ClN2O4S3/c1-10(3-2-4-18-10)6-12-20(16,17)8-5-7(13(14)15)9(11)19-8/h5,12H,2-4,6H2,1H3. The van der Waals surface area contributed by atoms with Crippen LogP contribution in [0, 0.1) is 10.1 Å². The summed E-state index contributed by atoms with van der Waals surface area (Å²) in [6.07, 6.45) is 2.02. The summed E-state index contributed by atoms with van der Waals surface area (Å²) in [7, 11) is -3.75. The van der Waals surface area contributed by atoms with Crippen molar-refractivity contribution < 1.29 is 13.3 Å². The Labute approximate surface area is 130 Å². The number of thioether (sulfide) groups is 1. The molecule has 20 heavy (non-hydrogen) atoms. The topological polar surface area (TPSA) is 89.3 Å². The normalized spacial score (nSPS) is 23.1. The third-order valence-corrected chi connectivity index (χ3v) is 7.80. The molecule has 10 heteroatoms. The number of hydrogen-bond donors (Lipinski definition) is 1. The van der Waals surface area contributed by atoms with Crippen molar-refractivity contribution in [3.63, 3.8) is 0 Å². The van der Waals surface area contributed by atoms with Crippen LogP contribution in [0.25, 0.3) is 0 Å². The lowest BCUT2D eigenvalue weighted by Gasteiger charge is -2.22. The molecule has 1 unspecified atom stereocenters. The molecule has 2 rings (SSSR count). The maximum Gasteiger partial charge on any atom is 0.300 e. The predicted octanol–water partition coefficient (Wildman–Crippen LogP) is 2.87. The van der Waals surface area contributed by atoms with Crippen molar-refractivity contribution in [1.29, 1.82) is 0 Å². The minimum absolute atomic E-state index is 0.111. The van der Waals surface area contributed by atoms with Crippen LogP contribution in [0.15, 0.2) is 10.3 Å². The van der Waals surface area contributed by atoms with Crippen LogP contribution in [0.3, 0.4) is 0 Å². The Bertz CT molecular complexity index is 622. The SMILES string of the molecule is CC1(CNS(=O)(=O)c2cc([N+](=O)[O-])c(Cl)s2)CCCS1. The number of nitro groups is 1.